The fraction of sp³-hybridized carbons (Fsp3) is 0.0714. The van der Waals surface area contributed by atoms with Gasteiger partial charge in [-0.15, -0.1) is 0 Å². The minimum atomic E-state index is -0.288. The molecule has 98 valence electrons. The first kappa shape index (κ1) is 13.9. The normalized spacial score (nSPS) is 10.1. The average Bonchev–Trinajstić information content (AvgIpc) is 2.37. The van der Waals surface area contributed by atoms with Gasteiger partial charge in [-0.25, -0.2) is 4.79 Å². The monoisotopic (exact) mass is 338 g/mol. The molecule has 5 heteroatoms. The summed E-state index contributed by atoms with van der Waals surface area (Å²) in [5, 5.41) is 6.18. The Balaban J connectivity index is 2.01. The molecule has 2 amide bonds. The number of halogens is 2. The first-order valence-electron chi connectivity index (χ1n) is 5.64. The topological polar surface area (TPSA) is 41.1 Å². The van der Waals surface area contributed by atoms with E-state index in [2.05, 4.69) is 26.6 Å². The molecule has 2 aromatic rings. The number of aryl methyl sites for hydroxylation is 1. The Labute approximate surface area is 125 Å². The summed E-state index contributed by atoms with van der Waals surface area (Å²) in [5.41, 5.74) is 2.35. The van der Waals surface area contributed by atoms with Gasteiger partial charge >= 0.3 is 6.03 Å². The lowest BCUT2D eigenvalue weighted by atomic mass is 10.2. The van der Waals surface area contributed by atoms with E-state index in [0.717, 1.165) is 15.7 Å². The molecule has 0 radical (unpaired) electrons. The van der Waals surface area contributed by atoms with E-state index in [1.165, 1.54) is 0 Å². The molecule has 0 unspecified atom stereocenters. The predicted octanol–water partition coefficient (Wildman–Crippen LogP) is 5.05. The Kier molecular flexibility index (Phi) is 4.45. The van der Waals surface area contributed by atoms with E-state index in [9.17, 15) is 4.79 Å². The van der Waals surface area contributed by atoms with Gasteiger partial charge in [-0.05, 0) is 55.0 Å². The molecule has 0 spiro atoms. The van der Waals surface area contributed by atoms with Crippen LogP contribution in [0.25, 0.3) is 0 Å². The number of amides is 2. The molecule has 2 rings (SSSR count). The van der Waals surface area contributed by atoms with Gasteiger partial charge in [-0.1, -0.05) is 27.5 Å². The van der Waals surface area contributed by atoms with Gasteiger partial charge in [0.2, 0.25) is 0 Å². The van der Waals surface area contributed by atoms with E-state index in [0.29, 0.717) is 10.7 Å². The molecule has 2 N–H and O–H groups in total. The third kappa shape index (κ3) is 3.98. The lowest BCUT2D eigenvalue weighted by Gasteiger charge is -2.08. The molecule has 0 aromatic heterocycles. The summed E-state index contributed by atoms with van der Waals surface area (Å²) in [7, 11) is 0. The Morgan fingerprint density at radius 1 is 1.05 bits per heavy atom. The van der Waals surface area contributed by atoms with Crippen LogP contribution in [0.1, 0.15) is 5.56 Å². The molecule has 19 heavy (non-hydrogen) atoms. The first-order valence-corrected chi connectivity index (χ1v) is 6.81. The van der Waals surface area contributed by atoms with Crippen molar-refractivity contribution in [2.24, 2.45) is 0 Å². The van der Waals surface area contributed by atoms with Gasteiger partial charge in [-0.2, -0.15) is 0 Å². The highest BCUT2D eigenvalue weighted by Gasteiger charge is 2.04. The number of nitrogens with one attached hydrogen (secondary N) is 2. The molecule has 2 aromatic carbocycles. The summed E-state index contributed by atoms with van der Waals surface area (Å²) in [5.74, 6) is 0. The smallest absolute Gasteiger partial charge is 0.308 e. The standard InChI is InChI=1S/C14H12BrClN2O/c1-9-8-12(6-7-13(9)16)18-14(19)17-11-4-2-10(15)3-5-11/h2-8H,1H3,(H2,17,18,19). The minimum absolute atomic E-state index is 0.288. The van der Waals surface area contributed by atoms with Crippen LogP contribution in [-0.2, 0) is 0 Å². The van der Waals surface area contributed by atoms with E-state index < -0.39 is 0 Å². The van der Waals surface area contributed by atoms with Crippen LogP contribution in [0.2, 0.25) is 5.02 Å². The molecular formula is C14H12BrClN2O. The van der Waals surface area contributed by atoms with Gasteiger partial charge in [0, 0.05) is 20.9 Å². The second-order valence-corrected chi connectivity index (χ2v) is 5.37. The summed E-state index contributed by atoms with van der Waals surface area (Å²) in [4.78, 5) is 11.8. The number of carbonyl (C=O) groups is 1. The molecule has 0 aliphatic carbocycles. The van der Waals surface area contributed by atoms with Crippen molar-refractivity contribution in [2.45, 2.75) is 6.92 Å². The summed E-state index contributed by atoms with van der Waals surface area (Å²) >= 11 is 9.27. The van der Waals surface area contributed by atoms with Gasteiger partial charge in [0.05, 0.1) is 0 Å². The third-order valence-electron chi connectivity index (χ3n) is 2.52. The van der Waals surface area contributed by atoms with Crippen molar-refractivity contribution in [1.29, 1.82) is 0 Å². The molecule has 0 aliphatic rings. The maximum atomic E-state index is 11.8. The van der Waals surface area contributed by atoms with Gasteiger partial charge in [0.25, 0.3) is 0 Å². The van der Waals surface area contributed by atoms with Gasteiger partial charge in [-0.3, -0.25) is 0 Å². The van der Waals surface area contributed by atoms with Crippen LogP contribution in [0.4, 0.5) is 16.2 Å². The summed E-state index contributed by atoms with van der Waals surface area (Å²) in [6.07, 6.45) is 0. The van der Waals surface area contributed by atoms with Crippen molar-refractivity contribution in [3.05, 3.63) is 57.5 Å². The quantitative estimate of drug-likeness (QED) is 0.789. The lowest BCUT2D eigenvalue weighted by Crippen LogP contribution is -2.19. The fourth-order valence-corrected chi connectivity index (χ4v) is 1.93. The molecule has 0 atom stereocenters. The average molecular weight is 340 g/mol. The maximum Gasteiger partial charge on any atom is 0.323 e. The molecule has 0 saturated carbocycles. The molecule has 0 bridgehead atoms. The highest BCUT2D eigenvalue weighted by molar-refractivity contribution is 9.10. The van der Waals surface area contributed by atoms with Crippen molar-refractivity contribution in [1.82, 2.24) is 0 Å². The number of benzene rings is 2. The summed E-state index contributed by atoms with van der Waals surface area (Å²) < 4.78 is 0.965. The van der Waals surface area contributed by atoms with Gasteiger partial charge < -0.3 is 10.6 Å². The molecule has 0 heterocycles. The van der Waals surface area contributed by atoms with Crippen molar-refractivity contribution in [3.8, 4) is 0 Å². The van der Waals surface area contributed by atoms with E-state index in [1.807, 2.05) is 37.3 Å². The van der Waals surface area contributed by atoms with Crippen molar-refractivity contribution in [3.63, 3.8) is 0 Å². The largest absolute Gasteiger partial charge is 0.323 e. The van der Waals surface area contributed by atoms with Crippen LogP contribution in [0, 0.1) is 6.92 Å². The first-order chi connectivity index (χ1) is 9.04. The van der Waals surface area contributed by atoms with Gasteiger partial charge in [0.1, 0.15) is 0 Å². The second-order valence-electron chi connectivity index (χ2n) is 4.05. The minimum Gasteiger partial charge on any atom is -0.308 e. The van der Waals surface area contributed by atoms with E-state index in [1.54, 1.807) is 12.1 Å². The van der Waals surface area contributed by atoms with Crippen LogP contribution < -0.4 is 10.6 Å². The Bertz CT molecular complexity index is 599. The van der Waals surface area contributed by atoms with E-state index in [4.69, 9.17) is 11.6 Å². The Morgan fingerprint density at radius 3 is 2.26 bits per heavy atom. The van der Waals surface area contributed by atoms with Crippen LogP contribution in [0.15, 0.2) is 46.9 Å². The van der Waals surface area contributed by atoms with Crippen molar-refractivity contribution in [2.75, 3.05) is 10.6 Å². The molecule has 0 aliphatic heterocycles. The predicted molar refractivity (Wildman–Crippen MR) is 83.0 cm³/mol. The molecule has 3 nitrogen and oxygen atoms in total. The second kappa shape index (κ2) is 6.08. The highest BCUT2D eigenvalue weighted by atomic mass is 79.9. The van der Waals surface area contributed by atoms with E-state index in [-0.39, 0.29) is 6.03 Å². The Hall–Kier alpha value is -1.52. The number of hydrogen-bond donors (Lipinski definition) is 2. The number of anilines is 2. The summed E-state index contributed by atoms with van der Waals surface area (Å²) in [6.45, 7) is 1.89. The number of rotatable bonds is 2. The molecule has 0 fully saturated rings. The van der Waals surface area contributed by atoms with Crippen LogP contribution in [-0.4, -0.2) is 6.03 Å². The number of urea groups is 1. The molecular weight excluding hydrogens is 328 g/mol. The zero-order chi connectivity index (χ0) is 13.8. The van der Waals surface area contributed by atoms with Crippen LogP contribution >= 0.6 is 27.5 Å². The van der Waals surface area contributed by atoms with Crippen molar-refractivity contribution >= 4 is 44.9 Å². The summed E-state index contributed by atoms with van der Waals surface area (Å²) in [6, 6.07) is 12.4. The SMILES string of the molecule is Cc1cc(NC(=O)Nc2ccc(Br)cc2)ccc1Cl. The third-order valence-corrected chi connectivity index (χ3v) is 3.47. The number of carbonyl (C=O) groups excluding carboxylic acids is 1. The molecule has 0 saturated heterocycles. The number of hydrogen-bond acceptors (Lipinski definition) is 1. The Morgan fingerprint density at radius 2 is 1.63 bits per heavy atom. The van der Waals surface area contributed by atoms with Crippen molar-refractivity contribution < 1.29 is 4.79 Å². The highest BCUT2D eigenvalue weighted by Crippen LogP contribution is 2.20. The van der Waals surface area contributed by atoms with Crippen LogP contribution in [0.5, 0.6) is 0 Å². The lowest BCUT2D eigenvalue weighted by molar-refractivity contribution is 0.262. The fourth-order valence-electron chi connectivity index (χ4n) is 1.55. The zero-order valence-corrected chi connectivity index (χ0v) is 12.5. The zero-order valence-electron chi connectivity index (χ0n) is 10.2. The van der Waals surface area contributed by atoms with Crippen LogP contribution in [0.3, 0.4) is 0 Å². The maximum absolute atomic E-state index is 11.8. The van der Waals surface area contributed by atoms with Gasteiger partial charge in [0.15, 0.2) is 0 Å². The van der Waals surface area contributed by atoms with E-state index >= 15 is 0 Å².